The molecule has 4 N–H and O–H groups in total. The van der Waals surface area contributed by atoms with Crippen molar-refractivity contribution in [1.29, 1.82) is 0 Å². The van der Waals surface area contributed by atoms with Crippen LogP contribution in [0, 0.1) is 5.92 Å². The number of sulfonamides is 1. The summed E-state index contributed by atoms with van der Waals surface area (Å²) in [4.78, 5) is 39.6. The number of carboxylic acids is 1. The third-order valence-corrected chi connectivity index (χ3v) is 8.58. The van der Waals surface area contributed by atoms with Crippen LogP contribution in [0.15, 0.2) is 24.5 Å². The molecule has 2 amide bonds. The highest BCUT2D eigenvalue weighted by atomic mass is 32.2. The minimum absolute atomic E-state index is 0.0362. The summed E-state index contributed by atoms with van der Waals surface area (Å²) in [5, 5.41) is 13.0. The van der Waals surface area contributed by atoms with Crippen LogP contribution >= 0.6 is 0 Å². The molecule has 3 rings (SSSR count). The van der Waals surface area contributed by atoms with Gasteiger partial charge in [0.1, 0.15) is 0 Å². The van der Waals surface area contributed by atoms with Crippen molar-refractivity contribution in [3.8, 4) is 0 Å². The van der Waals surface area contributed by atoms with E-state index in [9.17, 15) is 31.2 Å². The summed E-state index contributed by atoms with van der Waals surface area (Å²) in [5.41, 5.74) is 0.868. The predicted octanol–water partition coefficient (Wildman–Crippen LogP) is 1.58. The molecule has 2 aliphatic heterocycles. The van der Waals surface area contributed by atoms with Crippen LogP contribution < -0.4 is 15.4 Å². The number of aromatic nitrogens is 1. The number of alkyl halides is 3. The monoisotopic (exact) mass is 579 g/mol. The van der Waals surface area contributed by atoms with Crippen LogP contribution in [0.3, 0.4) is 0 Å². The lowest BCUT2D eigenvalue weighted by Crippen LogP contribution is -2.41. The summed E-state index contributed by atoms with van der Waals surface area (Å²) >= 11 is 0. The summed E-state index contributed by atoms with van der Waals surface area (Å²) in [6, 6.07) is 3.42. The van der Waals surface area contributed by atoms with Gasteiger partial charge in [0.05, 0.1) is 17.2 Å². The number of unbranched alkanes of at least 4 members (excludes halogenated alkanes) is 3. The van der Waals surface area contributed by atoms with Crippen LogP contribution in [0.1, 0.15) is 56.6 Å². The van der Waals surface area contributed by atoms with E-state index in [1.807, 2.05) is 12.1 Å². The first-order valence-electron chi connectivity index (χ1n) is 12.8. The fourth-order valence-electron chi connectivity index (χ4n) is 4.50. The highest BCUT2D eigenvalue weighted by molar-refractivity contribution is 7.90. The summed E-state index contributed by atoms with van der Waals surface area (Å²) < 4.78 is 59.0. The number of hydrogen-bond acceptors (Lipinski definition) is 7. The Morgan fingerprint density at radius 2 is 1.77 bits per heavy atom. The molecule has 2 aliphatic rings. The predicted molar refractivity (Wildman–Crippen MR) is 136 cm³/mol. The molecule has 2 fully saturated rings. The van der Waals surface area contributed by atoms with Gasteiger partial charge in [0.15, 0.2) is 0 Å². The van der Waals surface area contributed by atoms with E-state index in [4.69, 9.17) is 9.90 Å². The number of carbonyl (C=O) groups is 3. The molecular weight excluding hydrogens is 543 g/mol. The van der Waals surface area contributed by atoms with Gasteiger partial charge in [0, 0.05) is 39.0 Å². The van der Waals surface area contributed by atoms with E-state index in [1.54, 1.807) is 24.3 Å². The summed E-state index contributed by atoms with van der Waals surface area (Å²) in [6.07, 6.45) is 3.24. The number of nitrogens with one attached hydrogen (secondary N) is 3. The molecule has 39 heavy (non-hydrogen) atoms. The van der Waals surface area contributed by atoms with Crippen LogP contribution in [0.2, 0.25) is 0 Å². The van der Waals surface area contributed by atoms with Gasteiger partial charge in [0.2, 0.25) is 21.8 Å². The first kappa shape index (κ1) is 32.4. The van der Waals surface area contributed by atoms with Gasteiger partial charge in [0.25, 0.3) is 0 Å². The molecule has 1 aromatic heterocycles. The highest BCUT2D eigenvalue weighted by Crippen LogP contribution is 2.36. The van der Waals surface area contributed by atoms with Crippen molar-refractivity contribution in [2.24, 2.45) is 5.92 Å². The molecule has 11 nitrogen and oxygen atoms in total. The third kappa shape index (κ3) is 10.4. The van der Waals surface area contributed by atoms with Crippen LogP contribution in [0.4, 0.5) is 13.2 Å². The van der Waals surface area contributed by atoms with Gasteiger partial charge in [-0.05, 0) is 50.4 Å². The van der Waals surface area contributed by atoms with Crippen LogP contribution in [-0.2, 0) is 24.4 Å². The number of pyridine rings is 1. The molecule has 3 heterocycles. The average molecular weight is 580 g/mol. The van der Waals surface area contributed by atoms with Crippen molar-refractivity contribution in [3.63, 3.8) is 0 Å². The minimum Gasteiger partial charge on any atom is -0.475 e. The maximum absolute atomic E-state index is 12.7. The maximum Gasteiger partial charge on any atom is 0.490 e. The molecular formula is C24H36F3N5O6S. The Hall–Kier alpha value is -2.78. The standard InChI is InChI=1S/C22H35N5O4S.C2HF3O2/c1-27-20(28)15-19(21(27)17-7-6-10-24-16-17)22(29)25-11-4-2-3-5-12-26-32(30,31)18-8-13-23-14-9-18;3-2(4,5)1(6)7/h6-7,10,16,18-19,21,23,26H,2-5,8-9,11-15H2,1H3,(H,25,29);(H,6,7)/t19-,21+;/m0./s1. The van der Waals surface area contributed by atoms with E-state index in [-0.39, 0.29) is 29.5 Å². The van der Waals surface area contributed by atoms with Crippen molar-refractivity contribution >= 4 is 27.8 Å². The number of carbonyl (C=O) groups excluding carboxylic acids is 2. The molecule has 0 unspecified atom stereocenters. The normalized spacial score (nSPS) is 20.3. The van der Waals surface area contributed by atoms with Crippen LogP contribution in [0.5, 0.6) is 0 Å². The number of rotatable bonds is 11. The Balaban J connectivity index is 0.000000673. The molecule has 0 bridgehead atoms. The summed E-state index contributed by atoms with van der Waals surface area (Å²) in [7, 11) is -1.49. The Morgan fingerprint density at radius 1 is 1.15 bits per heavy atom. The molecule has 0 radical (unpaired) electrons. The number of likely N-dealkylation sites (tertiary alicyclic amines) is 1. The highest BCUT2D eigenvalue weighted by Gasteiger charge is 2.42. The SMILES string of the molecule is CN1C(=O)C[C@H](C(=O)NCCCCCCNS(=O)(=O)C2CCNCC2)[C@H]1c1cccnc1.O=C(O)C(F)(F)F. The van der Waals surface area contributed by atoms with Crippen LogP contribution in [-0.4, -0.2) is 85.8 Å². The number of piperidine rings is 1. The molecule has 0 aliphatic carbocycles. The maximum atomic E-state index is 12.7. The summed E-state index contributed by atoms with van der Waals surface area (Å²) in [5.74, 6) is -3.31. The molecule has 0 aromatic carbocycles. The van der Waals surface area contributed by atoms with Crippen molar-refractivity contribution in [2.45, 2.75) is 62.4 Å². The topological polar surface area (TPSA) is 158 Å². The average Bonchev–Trinajstić information content (AvgIpc) is 3.20. The van der Waals surface area contributed by atoms with E-state index in [2.05, 4.69) is 20.3 Å². The lowest BCUT2D eigenvalue weighted by atomic mass is 9.94. The Bertz CT molecular complexity index is 1050. The first-order valence-corrected chi connectivity index (χ1v) is 14.3. The van der Waals surface area contributed by atoms with E-state index < -0.39 is 28.1 Å². The zero-order valence-corrected chi connectivity index (χ0v) is 22.6. The fraction of sp³-hybridized carbons (Fsp3) is 0.667. The van der Waals surface area contributed by atoms with Gasteiger partial charge in [-0.2, -0.15) is 13.2 Å². The largest absolute Gasteiger partial charge is 0.490 e. The Kier molecular flexibility index (Phi) is 12.6. The van der Waals surface area contributed by atoms with E-state index in [1.165, 1.54) is 0 Å². The third-order valence-electron chi connectivity index (χ3n) is 6.62. The zero-order valence-electron chi connectivity index (χ0n) is 21.7. The Morgan fingerprint density at radius 3 is 2.33 bits per heavy atom. The van der Waals surface area contributed by atoms with Crippen molar-refractivity contribution in [2.75, 3.05) is 33.2 Å². The van der Waals surface area contributed by atoms with E-state index in [0.29, 0.717) is 25.9 Å². The molecule has 2 saturated heterocycles. The number of nitrogens with zero attached hydrogens (tertiary/aromatic N) is 2. The number of carboxylic acid groups (broad SMARTS) is 1. The fourth-order valence-corrected chi connectivity index (χ4v) is 6.02. The second-order valence-corrected chi connectivity index (χ2v) is 11.5. The summed E-state index contributed by atoms with van der Waals surface area (Å²) in [6.45, 7) is 2.52. The molecule has 0 spiro atoms. The molecule has 0 saturated carbocycles. The van der Waals surface area contributed by atoms with Gasteiger partial charge in [-0.15, -0.1) is 0 Å². The minimum atomic E-state index is -5.08. The van der Waals surface area contributed by atoms with Crippen LogP contribution in [0.25, 0.3) is 0 Å². The van der Waals surface area contributed by atoms with Gasteiger partial charge in [-0.25, -0.2) is 17.9 Å². The van der Waals surface area contributed by atoms with Crippen molar-refractivity contribution in [3.05, 3.63) is 30.1 Å². The first-order chi connectivity index (χ1) is 18.3. The van der Waals surface area contributed by atoms with Gasteiger partial charge < -0.3 is 20.6 Å². The second-order valence-electron chi connectivity index (χ2n) is 9.44. The lowest BCUT2D eigenvalue weighted by molar-refractivity contribution is -0.192. The molecule has 2 atom stereocenters. The second kappa shape index (κ2) is 15.1. The van der Waals surface area contributed by atoms with Gasteiger partial charge in [-0.1, -0.05) is 18.9 Å². The van der Waals surface area contributed by atoms with Crippen molar-refractivity contribution < 1.29 is 41.1 Å². The van der Waals surface area contributed by atoms with E-state index in [0.717, 1.165) is 44.3 Å². The molecule has 220 valence electrons. The number of aliphatic carboxylic acids is 1. The quantitative estimate of drug-likeness (QED) is 0.288. The number of amides is 2. The van der Waals surface area contributed by atoms with Gasteiger partial charge >= 0.3 is 12.1 Å². The zero-order chi connectivity index (χ0) is 29.1. The molecule has 1 aromatic rings. The lowest BCUT2D eigenvalue weighted by Gasteiger charge is -2.24. The number of halogens is 3. The number of hydrogen-bond donors (Lipinski definition) is 4. The van der Waals surface area contributed by atoms with Crippen molar-refractivity contribution in [1.82, 2.24) is 25.2 Å². The van der Waals surface area contributed by atoms with Gasteiger partial charge in [-0.3, -0.25) is 14.6 Å². The smallest absolute Gasteiger partial charge is 0.475 e. The Labute approximate surface area is 226 Å². The molecule has 15 heteroatoms. The van der Waals surface area contributed by atoms with E-state index >= 15 is 0 Å².